The summed E-state index contributed by atoms with van der Waals surface area (Å²) in [6.45, 7) is 0. The molecule has 9 heteroatoms. The number of thiazole rings is 1. The van der Waals surface area contributed by atoms with E-state index in [1.54, 1.807) is 11.4 Å². The fourth-order valence-corrected chi connectivity index (χ4v) is 3.19. The SMILES string of the molecule is O=C1c2ccc(Oc3ccc([N+](=O)[O-])cc3)cc2C(=O)N1c1nccs1. The van der Waals surface area contributed by atoms with Crippen LogP contribution in [-0.2, 0) is 0 Å². The van der Waals surface area contributed by atoms with Crippen LogP contribution < -0.4 is 9.64 Å². The summed E-state index contributed by atoms with van der Waals surface area (Å²) in [5, 5.41) is 12.7. The van der Waals surface area contributed by atoms with E-state index in [1.807, 2.05) is 0 Å². The number of rotatable bonds is 4. The van der Waals surface area contributed by atoms with Crippen LogP contribution in [0.3, 0.4) is 0 Å². The number of fused-ring (bicyclic) bond motifs is 1. The van der Waals surface area contributed by atoms with Gasteiger partial charge in [-0.15, -0.1) is 11.3 Å². The van der Waals surface area contributed by atoms with Gasteiger partial charge in [0.25, 0.3) is 17.5 Å². The lowest BCUT2D eigenvalue weighted by atomic mass is 10.1. The van der Waals surface area contributed by atoms with Crippen molar-refractivity contribution in [3.8, 4) is 11.5 Å². The van der Waals surface area contributed by atoms with Crippen molar-refractivity contribution in [3.63, 3.8) is 0 Å². The monoisotopic (exact) mass is 367 g/mol. The van der Waals surface area contributed by atoms with Crippen LogP contribution in [0, 0.1) is 10.1 Å². The molecule has 128 valence electrons. The second kappa shape index (κ2) is 6.05. The molecule has 0 aliphatic carbocycles. The number of benzene rings is 2. The highest BCUT2D eigenvalue weighted by Gasteiger charge is 2.38. The van der Waals surface area contributed by atoms with Crippen molar-refractivity contribution in [3.05, 3.63) is 75.3 Å². The number of nitro groups is 1. The maximum absolute atomic E-state index is 12.6. The summed E-state index contributed by atoms with van der Waals surface area (Å²) in [5.41, 5.74) is 0.456. The standard InChI is InChI=1S/C17H9N3O5S/c21-15-13-6-5-12(25-11-3-1-10(2-4-11)20(23)24)9-14(13)16(22)19(15)17-18-7-8-26-17/h1-9H. The van der Waals surface area contributed by atoms with Crippen LogP contribution in [0.1, 0.15) is 20.7 Å². The van der Waals surface area contributed by atoms with Gasteiger partial charge in [0.05, 0.1) is 16.1 Å². The minimum absolute atomic E-state index is 0.0498. The quantitative estimate of drug-likeness (QED) is 0.396. The Morgan fingerprint density at radius 2 is 1.69 bits per heavy atom. The van der Waals surface area contributed by atoms with Crippen molar-refractivity contribution < 1.29 is 19.2 Å². The molecule has 4 rings (SSSR count). The van der Waals surface area contributed by atoms with E-state index >= 15 is 0 Å². The van der Waals surface area contributed by atoms with Crippen molar-refractivity contribution >= 4 is 34.0 Å². The van der Waals surface area contributed by atoms with Crippen molar-refractivity contribution in [1.29, 1.82) is 0 Å². The van der Waals surface area contributed by atoms with E-state index < -0.39 is 16.7 Å². The number of nitro benzene ring substituents is 1. The van der Waals surface area contributed by atoms with Crippen molar-refractivity contribution in [2.45, 2.75) is 0 Å². The molecule has 3 aromatic rings. The first-order chi connectivity index (χ1) is 12.5. The van der Waals surface area contributed by atoms with E-state index in [0.717, 1.165) is 4.90 Å². The van der Waals surface area contributed by atoms with Gasteiger partial charge in [-0.2, -0.15) is 0 Å². The van der Waals surface area contributed by atoms with E-state index in [0.29, 0.717) is 16.6 Å². The van der Waals surface area contributed by atoms with Gasteiger partial charge in [-0.1, -0.05) is 0 Å². The van der Waals surface area contributed by atoms with Crippen LogP contribution in [0.5, 0.6) is 11.5 Å². The predicted octanol–water partition coefficient (Wildman–Crippen LogP) is 3.64. The third kappa shape index (κ3) is 2.60. The number of hydrogen-bond acceptors (Lipinski definition) is 7. The van der Waals surface area contributed by atoms with Crippen molar-refractivity contribution in [2.24, 2.45) is 0 Å². The second-order valence-electron chi connectivity index (χ2n) is 5.32. The summed E-state index contributed by atoms with van der Waals surface area (Å²) in [6, 6.07) is 10.1. The van der Waals surface area contributed by atoms with Crippen LogP contribution in [-0.4, -0.2) is 21.7 Å². The number of aromatic nitrogens is 1. The molecule has 1 aliphatic rings. The normalized spacial score (nSPS) is 13.0. The van der Waals surface area contributed by atoms with Crippen LogP contribution in [0.25, 0.3) is 0 Å². The summed E-state index contributed by atoms with van der Waals surface area (Å²) in [7, 11) is 0. The summed E-state index contributed by atoms with van der Waals surface area (Å²) < 4.78 is 5.63. The van der Waals surface area contributed by atoms with Gasteiger partial charge < -0.3 is 4.74 Å². The Labute approximate surface area is 150 Å². The molecule has 0 fully saturated rings. The second-order valence-corrected chi connectivity index (χ2v) is 6.19. The molecule has 0 saturated carbocycles. The number of carbonyl (C=O) groups excluding carboxylic acids is 2. The highest BCUT2D eigenvalue weighted by Crippen LogP contribution is 2.33. The zero-order valence-corrected chi connectivity index (χ0v) is 13.8. The number of nitrogens with zero attached hydrogens (tertiary/aromatic N) is 3. The maximum Gasteiger partial charge on any atom is 0.269 e. The molecule has 0 saturated heterocycles. The number of imide groups is 1. The topological polar surface area (TPSA) is 103 Å². The van der Waals surface area contributed by atoms with E-state index in [1.165, 1.54) is 53.9 Å². The summed E-state index contributed by atoms with van der Waals surface area (Å²) in [4.78, 5) is 40.2. The number of ether oxygens (including phenoxy) is 1. The molecule has 1 aromatic heterocycles. The first-order valence-corrected chi connectivity index (χ1v) is 8.27. The van der Waals surface area contributed by atoms with E-state index in [9.17, 15) is 19.7 Å². The Kier molecular flexibility index (Phi) is 3.70. The Bertz CT molecular complexity index is 1030. The van der Waals surface area contributed by atoms with Crippen molar-refractivity contribution in [2.75, 3.05) is 4.90 Å². The minimum atomic E-state index is -0.503. The van der Waals surface area contributed by atoms with Crippen LogP contribution in [0.4, 0.5) is 10.8 Å². The highest BCUT2D eigenvalue weighted by molar-refractivity contribution is 7.14. The number of non-ortho nitro benzene ring substituents is 1. The molecule has 8 nitrogen and oxygen atoms in total. The molecule has 2 aromatic carbocycles. The molecule has 0 unspecified atom stereocenters. The predicted molar refractivity (Wildman–Crippen MR) is 92.9 cm³/mol. The van der Waals surface area contributed by atoms with Gasteiger partial charge >= 0.3 is 0 Å². The van der Waals surface area contributed by atoms with E-state index in [-0.39, 0.29) is 16.8 Å². The van der Waals surface area contributed by atoms with Gasteiger partial charge in [-0.05, 0) is 30.3 Å². The zero-order chi connectivity index (χ0) is 18.3. The zero-order valence-electron chi connectivity index (χ0n) is 13.0. The molecule has 2 heterocycles. The van der Waals surface area contributed by atoms with Gasteiger partial charge in [-0.25, -0.2) is 9.88 Å². The largest absolute Gasteiger partial charge is 0.457 e. The van der Waals surface area contributed by atoms with E-state index in [4.69, 9.17) is 4.74 Å². The van der Waals surface area contributed by atoms with Gasteiger partial charge in [-0.3, -0.25) is 19.7 Å². The smallest absolute Gasteiger partial charge is 0.269 e. The Hall–Kier alpha value is -3.59. The highest BCUT2D eigenvalue weighted by atomic mass is 32.1. The number of carbonyl (C=O) groups is 2. The van der Waals surface area contributed by atoms with Gasteiger partial charge in [0.2, 0.25) is 0 Å². The number of amides is 2. The first-order valence-electron chi connectivity index (χ1n) is 7.39. The fraction of sp³-hybridized carbons (Fsp3) is 0. The Morgan fingerprint density at radius 3 is 2.35 bits per heavy atom. The molecule has 0 spiro atoms. The Balaban J connectivity index is 1.62. The van der Waals surface area contributed by atoms with E-state index in [2.05, 4.69) is 4.98 Å². The average Bonchev–Trinajstić information content (AvgIpc) is 3.23. The summed E-state index contributed by atoms with van der Waals surface area (Å²) >= 11 is 1.20. The third-order valence-corrected chi connectivity index (χ3v) is 4.51. The molecule has 0 bridgehead atoms. The van der Waals surface area contributed by atoms with Gasteiger partial charge in [0, 0.05) is 23.7 Å². The number of hydrogen-bond donors (Lipinski definition) is 0. The third-order valence-electron chi connectivity index (χ3n) is 3.75. The molecule has 0 atom stereocenters. The lowest BCUT2D eigenvalue weighted by Crippen LogP contribution is -2.29. The lowest BCUT2D eigenvalue weighted by Gasteiger charge is -2.08. The minimum Gasteiger partial charge on any atom is -0.457 e. The molecule has 1 aliphatic heterocycles. The molecular weight excluding hydrogens is 358 g/mol. The van der Waals surface area contributed by atoms with Gasteiger partial charge in [0.15, 0.2) is 5.13 Å². The summed E-state index contributed by atoms with van der Waals surface area (Å²) in [6.07, 6.45) is 1.52. The maximum atomic E-state index is 12.6. The van der Waals surface area contributed by atoms with Crippen LogP contribution >= 0.6 is 11.3 Å². The molecule has 2 amide bonds. The number of anilines is 1. The fourth-order valence-electron chi connectivity index (χ4n) is 2.56. The average molecular weight is 367 g/mol. The van der Waals surface area contributed by atoms with Crippen molar-refractivity contribution in [1.82, 2.24) is 4.98 Å². The Morgan fingerprint density at radius 1 is 1.00 bits per heavy atom. The van der Waals surface area contributed by atoms with Crippen LogP contribution in [0.15, 0.2) is 54.0 Å². The lowest BCUT2D eigenvalue weighted by molar-refractivity contribution is -0.384. The molecular formula is C17H9N3O5S. The molecule has 0 N–H and O–H groups in total. The first kappa shape index (κ1) is 15.9. The van der Waals surface area contributed by atoms with Crippen LogP contribution in [0.2, 0.25) is 0 Å². The molecule has 0 radical (unpaired) electrons. The summed E-state index contributed by atoms with van der Waals surface area (Å²) in [5.74, 6) is -0.167. The molecule has 26 heavy (non-hydrogen) atoms. The van der Waals surface area contributed by atoms with Gasteiger partial charge in [0.1, 0.15) is 11.5 Å².